The number of benzene rings is 2. The predicted octanol–water partition coefficient (Wildman–Crippen LogP) is 4.70. The molecule has 0 aliphatic heterocycles. The summed E-state index contributed by atoms with van der Waals surface area (Å²) in [6.45, 7) is 2.92. The molecule has 106 valence electrons. The van der Waals surface area contributed by atoms with Crippen LogP contribution in [0.2, 0.25) is 10.0 Å². The summed E-state index contributed by atoms with van der Waals surface area (Å²) in [4.78, 5) is 0. The first kappa shape index (κ1) is 15.2. The second-order valence-electron chi connectivity index (χ2n) is 4.44. The van der Waals surface area contributed by atoms with E-state index in [-0.39, 0.29) is 6.04 Å². The lowest BCUT2D eigenvalue weighted by Crippen LogP contribution is -2.22. The van der Waals surface area contributed by atoms with Gasteiger partial charge >= 0.3 is 0 Å². The van der Waals surface area contributed by atoms with Crippen molar-refractivity contribution < 1.29 is 4.74 Å². The largest absolute Gasteiger partial charge is 0.495 e. The van der Waals surface area contributed by atoms with Crippen LogP contribution in [-0.2, 0) is 0 Å². The molecule has 0 aliphatic carbocycles. The average molecular weight is 310 g/mol. The lowest BCUT2D eigenvalue weighted by molar-refractivity contribution is 0.414. The van der Waals surface area contributed by atoms with Gasteiger partial charge in [0.1, 0.15) is 5.75 Å². The fraction of sp³-hybridized carbons (Fsp3) is 0.250. The SMILES string of the molecule is CCNC(c1cccc(Cl)c1)c1ccc(OC)c(Cl)c1. The van der Waals surface area contributed by atoms with Gasteiger partial charge in [-0.3, -0.25) is 0 Å². The zero-order valence-corrected chi connectivity index (χ0v) is 13.0. The zero-order valence-electron chi connectivity index (χ0n) is 11.5. The van der Waals surface area contributed by atoms with E-state index in [0.717, 1.165) is 22.7 Å². The van der Waals surface area contributed by atoms with E-state index in [1.165, 1.54) is 0 Å². The Bertz CT molecular complexity index is 586. The molecule has 1 atom stereocenters. The minimum Gasteiger partial charge on any atom is -0.495 e. The van der Waals surface area contributed by atoms with Gasteiger partial charge in [0.2, 0.25) is 0 Å². The van der Waals surface area contributed by atoms with Crippen molar-refractivity contribution in [3.63, 3.8) is 0 Å². The molecular weight excluding hydrogens is 293 g/mol. The van der Waals surface area contributed by atoms with Crippen LogP contribution >= 0.6 is 23.2 Å². The van der Waals surface area contributed by atoms with Gasteiger partial charge in [0.05, 0.1) is 18.2 Å². The van der Waals surface area contributed by atoms with E-state index in [1.54, 1.807) is 7.11 Å². The summed E-state index contributed by atoms with van der Waals surface area (Å²) in [6, 6.07) is 13.7. The molecule has 2 aromatic rings. The molecule has 1 unspecified atom stereocenters. The van der Waals surface area contributed by atoms with E-state index in [4.69, 9.17) is 27.9 Å². The highest BCUT2D eigenvalue weighted by Crippen LogP contribution is 2.31. The van der Waals surface area contributed by atoms with Crippen LogP contribution in [0.1, 0.15) is 24.1 Å². The number of rotatable bonds is 5. The Morgan fingerprint density at radius 1 is 1.10 bits per heavy atom. The van der Waals surface area contributed by atoms with Crippen LogP contribution < -0.4 is 10.1 Å². The predicted molar refractivity (Wildman–Crippen MR) is 85.0 cm³/mol. The summed E-state index contributed by atoms with van der Waals surface area (Å²) in [5.74, 6) is 0.678. The Kier molecular flexibility index (Phi) is 5.30. The molecule has 2 nitrogen and oxygen atoms in total. The molecule has 0 saturated carbocycles. The van der Waals surface area contributed by atoms with E-state index in [9.17, 15) is 0 Å². The molecule has 0 aliphatic rings. The first-order chi connectivity index (χ1) is 9.65. The quantitative estimate of drug-likeness (QED) is 0.864. The smallest absolute Gasteiger partial charge is 0.137 e. The van der Waals surface area contributed by atoms with Crippen LogP contribution in [0.5, 0.6) is 5.75 Å². The van der Waals surface area contributed by atoms with Gasteiger partial charge in [0.25, 0.3) is 0 Å². The van der Waals surface area contributed by atoms with Crippen LogP contribution in [0.3, 0.4) is 0 Å². The van der Waals surface area contributed by atoms with Crippen molar-refractivity contribution >= 4 is 23.2 Å². The molecule has 0 aromatic heterocycles. The minimum atomic E-state index is 0.0575. The molecule has 0 saturated heterocycles. The Morgan fingerprint density at radius 2 is 1.85 bits per heavy atom. The summed E-state index contributed by atoms with van der Waals surface area (Å²) in [6.07, 6.45) is 0. The van der Waals surface area contributed by atoms with Gasteiger partial charge in [-0.15, -0.1) is 0 Å². The average Bonchev–Trinajstić information content (AvgIpc) is 2.44. The number of hydrogen-bond acceptors (Lipinski definition) is 2. The summed E-state index contributed by atoms with van der Waals surface area (Å²) in [5, 5.41) is 4.78. The molecule has 0 radical (unpaired) electrons. The Labute approximate surface area is 129 Å². The number of ether oxygens (including phenoxy) is 1. The van der Waals surface area contributed by atoms with Crippen molar-refractivity contribution in [2.75, 3.05) is 13.7 Å². The number of halogens is 2. The van der Waals surface area contributed by atoms with Crippen LogP contribution in [0.25, 0.3) is 0 Å². The second-order valence-corrected chi connectivity index (χ2v) is 5.28. The lowest BCUT2D eigenvalue weighted by Gasteiger charge is -2.20. The Balaban J connectivity index is 2.40. The van der Waals surface area contributed by atoms with Crippen molar-refractivity contribution in [2.24, 2.45) is 0 Å². The fourth-order valence-electron chi connectivity index (χ4n) is 2.18. The zero-order chi connectivity index (χ0) is 14.5. The van der Waals surface area contributed by atoms with Crippen molar-refractivity contribution in [1.82, 2.24) is 5.32 Å². The molecule has 20 heavy (non-hydrogen) atoms. The fourth-order valence-corrected chi connectivity index (χ4v) is 2.65. The lowest BCUT2D eigenvalue weighted by atomic mass is 9.98. The Hall–Kier alpha value is -1.22. The topological polar surface area (TPSA) is 21.3 Å². The summed E-state index contributed by atoms with van der Waals surface area (Å²) in [7, 11) is 1.61. The molecule has 0 amide bonds. The minimum absolute atomic E-state index is 0.0575. The summed E-state index contributed by atoms with van der Waals surface area (Å²) in [5.41, 5.74) is 2.19. The molecule has 1 N–H and O–H groups in total. The normalized spacial score (nSPS) is 12.2. The molecule has 2 rings (SSSR count). The molecule has 0 spiro atoms. The number of nitrogens with one attached hydrogen (secondary N) is 1. The second kappa shape index (κ2) is 6.98. The first-order valence-electron chi connectivity index (χ1n) is 6.48. The highest BCUT2D eigenvalue weighted by Gasteiger charge is 2.15. The highest BCUT2D eigenvalue weighted by molar-refractivity contribution is 6.32. The van der Waals surface area contributed by atoms with E-state index >= 15 is 0 Å². The third-order valence-electron chi connectivity index (χ3n) is 3.10. The number of methoxy groups -OCH3 is 1. The number of hydrogen-bond donors (Lipinski definition) is 1. The van der Waals surface area contributed by atoms with Crippen LogP contribution in [0.15, 0.2) is 42.5 Å². The molecule has 4 heteroatoms. The van der Waals surface area contributed by atoms with Gasteiger partial charge in [-0.2, -0.15) is 0 Å². The van der Waals surface area contributed by atoms with Gasteiger partial charge in [0, 0.05) is 5.02 Å². The summed E-state index contributed by atoms with van der Waals surface area (Å²) < 4.78 is 5.19. The third kappa shape index (κ3) is 3.45. The van der Waals surface area contributed by atoms with Crippen molar-refractivity contribution in [3.05, 3.63) is 63.6 Å². The van der Waals surface area contributed by atoms with Crippen molar-refractivity contribution in [3.8, 4) is 5.75 Å². The maximum Gasteiger partial charge on any atom is 0.137 e. The molecule has 0 bridgehead atoms. The summed E-state index contributed by atoms with van der Waals surface area (Å²) >= 11 is 12.3. The first-order valence-corrected chi connectivity index (χ1v) is 7.23. The molecular formula is C16H17Cl2NO. The molecule has 0 fully saturated rings. The van der Waals surface area contributed by atoms with Crippen LogP contribution in [0, 0.1) is 0 Å². The van der Waals surface area contributed by atoms with E-state index in [1.807, 2.05) is 36.4 Å². The third-order valence-corrected chi connectivity index (χ3v) is 3.63. The monoisotopic (exact) mass is 309 g/mol. The highest BCUT2D eigenvalue weighted by atomic mass is 35.5. The van der Waals surface area contributed by atoms with Gasteiger partial charge in [-0.05, 0) is 41.9 Å². The van der Waals surface area contributed by atoms with Gasteiger partial charge in [-0.1, -0.05) is 48.3 Å². The van der Waals surface area contributed by atoms with Gasteiger partial charge in [-0.25, -0.2) is 0 Å². The standard InChI is InChI=1S/C16H17Cl2NO/c1-3-19-16(11-5-4-6-13(17)9-11)12-7-8-15(20-2)14(18)10-12/h4-10,16,19H,3H2,1-2H3. The van der Waals surface area contributed by atoms with Gasteiger partial charge in [0.15, 0.2) is 0 Å². The van der Waals surface area contributed by atoms with E-state index in [2.05, 4.69) is 18.3 Å². The van der Waals surface area contributed by atoms with Crippen molar-refractivity contribution in [2.45, 2.75) is 13.0 Å². The van der Waals surface area contributed by atoms with Crippen LogP contribution in [-0.4, -0.2) is 13.7 Å². The van der Waals surface area contributed by atoms with Gasteiger partial charge < -0.3 is 10.1 Å². The Morgan fingerprint density at radius 3 is 2.45 bits per heavy atom. The van der Waals surface area contributed by atoms with Crippen molar-refractivity contribution in [1.29, 1.82) is 0 Å². The maximum atomic E-state index is 6.21. The maximum absolute atomic E-state index is 6.21. The van der Waals surface area contributed by atoms with Crippen LogP contribution in [0.4, 0.5) is 0 Å². The molecule has 0 heterocycles. The molecule has 2 aromatic carbocycles. The van der Waals surface area contributed by atoms with E-state index in [0.29, 0.717) is 10.8 Å². The van der Waals surface area contributed by atoms with E-state index < -0.39 is 0 Å².